The van der Waals surface area contributed by atoms with Crippen LogP contribution in [0.1, 0.15) is 56.9 Å². The smallest absolute Gasteiger partial charge is 0.324 e. The van der Waals surface area contributed by atoms with Crippen molar-refractivity contribution in [3.63, 3.8) is 0 Å². The molecule has 5 aromatic rings. The molecule has 234 valence electrons. The number of thiazole rings is 1. The van der Waals surface area contributed by atoms with Crippen LogP contribution in [0.15, 0.2) is 67.1 Å². The first kappa shape index (κ1) is 29.6. The van der Waals surface area contributed by atoms with Gasteiger partial charge in [-0.1, -0.05) is 38.2 Å². The third kappa shape index (κ3) is 6.20. The lowest BCUT2D eigenvalue weighted by Gasteiger charge is -2.14. The van der Waals surface area contributed by atoms with Crippen molar-refractivity contribution in [2.24, 2.45) is 0 Å². The van der Waals surface area contributed by atoms with Gasteiger partial charge in [0.15, 0.2) is 5.13 Å². The number of benzene rings is 2. The van der Waals surface area contributed by atoms with Crippen LogP contribution in [-0.4, -0.2) is 43.2 Å². The third-order valence-electron chi connectivity index (χ3n) is 8.08. The number of hydrogen-bond acceptors (Lipinski definition) is 8. The molecule has 0 unspecified atom stereocenters. The molecule has 1 saturated heterocycles. The van der Waals surface area contributed by atoms with Gasteiger partial charge in [-0.25, -0.2) is 24.4 Å². The molecule has 1 aliphatic carbocycles. The number of carbonyl (C=O) groups excluding carboxylic acids is 2. The second-order valence-electron chi connectivity index (χ2n) is 12.5. The molecule has 2 N–H and O–H groups in total. The highest BCUT2D eigenvalue weighted by atomic mass is 32.1. The normalized spacial score (nSPS) is 14.4. The fourth-order valence-corrected chi connectivity index (χ4v) is 6.57. The van der Waals surface area contributed by atoms with E-state index in [1.54, 1.807) is 15.8 Å². The maximum atomic E-state index is 13.1. The van der Waals surface area contributed by atoms with Gasteiger partial charge in [0.1, 0.15) is 11.6 Å². The number of fused-ring (bicyclic) bond motifs is 1. The van der Waals surface area contributed by atoms with Crippen LogP contribution in [0, 0.1) is 0 Å². The summed E-state index contributed by atoms with van der Waals surface area (Å²) in [5, 5.41) is 11.3. The number of rotatable bonds is 7. The van der Waals surface area contributed by atoms with E-state index in [1.165, 1.54) is 34.9 Å². The number of nitrogens with one attached hydrogen (secondary N) is 2. The lowest BCUT2D eigenvalue weighted by molar-refractivity contribution is -0.117. The zero-order valence-corrected chi connectivity index (χ0v) is 26.7. The van der Waals surface area contributed by atoms with Crippen LogP contribution < -0.4 is 20.3 Å². The van der Waals surface area contributed by atoms with Crippen LogP contribution in [0.5, 0.6) is 11.8 Å². The topological polar surface area (TPSA) is 127 Å². The molecule has 0 saturated carbocycles. The van der Waals surface area contributed by atoms with Gasteiger partial charge in [-0.3, -0.25) is 15.0 Å². The first-order valence-electron chi connectivity index (χ1n) is 15.4. The summed E-state index contributed by atoms with van der Waals surface area (Å²) in [6.07, 6.45) is 9.54. The Morgan fingerprint density at radius 2 is 1.67 bits per heavy atom. The lowest BCUT2D eigenvalue weighted by atomic mass is 9.92. The first-order chi connectivity index (χ1) is 22.2. The summed E-state index contributed by atoms with van der Waals surface area (Å²) < 4.78 is 7.62. The van der Waals surface area contributed by atoms with Crippen molar-refractivity contribution in [1.82, 2.24) is 24.7 Å². The zero-order valence-electron chi connectivity index (χ0n) is 25.9. The largest absolute Gasteiger partial charge is 0.424 e. The molecule has 2 aromatic carbocycles. The monoisotopic (exact) mass is 634 g/mol. The average molecular weight is 635 g/mol. The van der Waals surface area contributed by atoms with Gasteiger partial charge in [0.2, 0.25) is 5.91 Å². The number of nitrogens with zero attached hydrogens (tertiary/aromatic N) is 6. The summed E-state index contributed by atoms with van der Waals surface area (Å²) in [4.78, 5) is 40.8. The molecule has 11 nitrogen and oxygen atoms in total. The Bertz CT molecular complexity index is 1910. The second kappa shape index (κ2) is 12.0. The van der Waals surface area contributed by atoms with Gasteiger partial charge in [0, 0.05) is 30.6 Å². The zero-order chi connectivity index (χ0) is 31.8. The van der Waals surface area contributed by atoms with Gasteiger partial charge in [0.25, 0.3) is 0 Å². The standard InChI is InChI=1S/C34H34N8O3S/c1-34(2,3)28-17-29(42(40-28)25-12-9-21-6-4-7-23(21)16-25)39-31(44)38-24-18-35-32(36-19-24)45-26-13-10-22(11-14-26)27-20-37-33(46-27)41-15-5-8-30(41)43/h9-14,16-20H,4-8,15H2,1-3H3,(H2,38,39,44). The fraction of sp³-hybridized carbons (Fsp3) is 0.294. The van der Waals surface area contributed by atoms with Crippen LogP contribution in [0.4, 0.5) is 21.4 Å². The van der Waals surface area contributed by atoms with E-state index in [1.807, 2.05) is 30.3 Å². The van der Waals surface area contributed by atoms with Crippen molar-refractivity contribution in [3.05, 3.63) is 83.9 Å². The number of amides is 3. The van der Waals surface area contributed by atoms with Crippen LogP contribution in [0.3, 0.4) is 0 Å². The van der Waals surface area contributed by atoms with Crippen molar-refractivity contribution in [3.8, 4) is 27.9 Å². The minimum Gasteiger partial charge on any atom is -0.424 e. The van der Waals surface area contributed by atoms with Crippen molar-refractivity contribution >= 4 is 39.9 Å². The third-order valence-corrected chi connectivity index (χ3v) is 9.15. The molecule has 0 bridgehead atoms. The van der Waals surface area contributed by atoms with Gasteiger partial charge in [-0.05, 0) is 78.8 Å². The highest BCUT2D eigenvalue weighted by Crippen LogP contribution is 2.34. The molecule has 0 atom stereocenters. The molecule has 3 aromatic heterocycles. The van der Waals surface area contributed by atoms with Gasteiger partial charge in [-0.2, -0.15) is 5.10 Å². The summed E-state index contributed by atoms with van der Waals surface area (Å²) >= 11 is 1.49. The predicted molar refractivity (Wildman–Crippen MR) is 178 cm³/mol. The van der Waals surface area contributed by atoms with Crippen molar-refractivity contribution in [1.29, 1.82) is 0 Å². The SMILES string of the molecule is CC(C)(C)c1cc(NC(=O)Nc2cnc(Oc3ccc(-c4cnc(N5CCCC5=O)s4)cc3)nc2)n(-c2ccc3c(c2)CCC3)n1. The molecule has 0 spiro atoms. The number of aromatic nitrogens is 5. The van der Waals surface area contributed by atoms with Gasteiger partial charge in [0.05, 0.1) is 34.3 Å². The van der Waals surface area contributed by atoms with Gasteiger partial charge < -0.3 is 10.1 Å². The van der Waals surface area contributed by atoms with Crippen molar-refractivity contribution < 1.29 is 14.3 Å². The van der Waals surface area contributed by atoms with Crippen molar-refractivity contribution in [2.75, 3.05) is 22.1 Å². The maximum Gasteiger partial charge on any atom is 0.324 e. The van der Waals surface area contributed by atoms with Crippen molar-refractivity contribution in [2.45, 2.75) is 58.3 Å². The van der Waals surface area contributed by atoms with E-state index in [4.69, 9.17) is 9.84 Å². The molecule has 1 aliphatic heterocycles. The Kier molecular flexibility index (Phi) is 7.73. The highest BCUT2D eigenvalue weighted by molar-refractivity contribution is 7.19. The number of anilines is 3. The Balaban J connectivity index is 0.991. The highest BCUT2D eigenvalue weighted by Gasteiger charge is 2.25. The molecular formula is C34H34N8O3S. The average Bonchev–Trinajstić information content (AvgIpc) is 3.85. The van der Waals surface area contributed by atoms with Crippen LogP contribution in [-0.2, 0) is 23.1 Å². The van der Waals surface area contributed by atoms with E-state index >= 15 is 0 Å². The van der Waals surface area contributed by atoms with E-state index in [9.17, 15) is 9.59 Å². The second-order valence-corrected chi connectivity index (χ2v) is 13.5. The quantitative estimate of drug-likeness (QED) is 0.195. The first-order valence-corrected chi connectivity index (χ1v) is 16.2. The Labute approximate surface area is 270 Å². The number of carbonyl (C=O) groups is 2. The predicted octanol–water partition coefficient (Wildman–Crippen LogP) is 7.14. The molecular weight excluding hydrogens is 600 g/mol. The molecule has 46 heavy (non-hydrogen) atoms. The number of ether oxygens (including phenoxy) is 1. The molecule has 7 rings (SSSR count). The van der Waals surface area contributed by atoms with E-state index in [-0.39, 0.29) is 17.3 Å². The number of aryl methyl sites for hydroxylation is 2. The molecule has 12 heteroatoms. The minimum atomic E-state index is -0.434. The minimum absolute atomic E-state index is 0.124. The van der Waals surface area contributed by atoms with Crippen LogP contribution in [0.2, 0.25) is 0 Å². The molecule has 3 amide bonds. The Morgan fingerprint density at radius 1 is 0.891 bits per heavy atom. The van der Waals surface area contributed by atoms with E-state index in [0.717, 1.165) is 59.2 Å². The number of hydrogen-bond donors (Lipinski definition) is 2. The molecule has 2 aliphatic rings. The molecule has 1 fully saturated rings. The van der Waals surface area contributed by atoms with Gasteiger partial charge >= 0.3 is 12.0 Å². The van der Waals surface area contributed by atoms with Crippen LogP contribution >= 0.6 is 11.3 Å². The van der Waals surface area contributed by atoms with Crippen LogP contribution in [0.25, 0.3) is 16.1 Å². The van der Waals surface area contributed by atoms with Gasteiger partial charge in [-0.15, -0.1) is 0 Å². The fourth-order valence-electron chi connectivity index (χ4n) is 5.60. The summed E-state index contributed by atoms with van der Waals surface area (Å²) in [5.74, 6) is 1.26. The van der Waals surface area contributed by atoms with E-state index < -0.39 is 6.03 Å². The summed E-state index contributed by atoms with van der Waals surface area (Å²) in [7, 11) is 0. The van der Waals surface area contributed by atoms with E-state index in [2.05, 4.69) is 64.6 Å². The molecule has 0 radical (unpaired) electrons. The Morgan fingerprint density at radius 3 is 2.41 bits per heavy atom. The maximum absolute atomic E-state index is 13.1. The summed E-state index contributed by atoms with van der Waals surface area (Å²) in [5.41, 5.74) is 5.69. The summed E-state index contributed by atoms with van der Waals surface area (Å²) in [6.45, 7) is 7.00. The summed E-state index contributed by atoms with van der Waals surface area (Å²) in [6, 6.07) is 15.5. The lowest BCUT2D eigenvalue weighted by Crippen LogP contribution is -2.23. The molecule has 4 heterocycles. The Hall–Kier alpha value is -5.10. The van der Waals surface area contributed by atoms with E-state index in [0.29, 0.717) is 23.7 Å². The number of urea groups is 1.